The minimum atomic E-state index is -2.95. The van der Waals surface area contributed by atoms with Crippen LogP contribution in [0.3, 0.4) is 0 Å². The standard InChI is InChI=1S/C20H17F2NO3/c21-20(22)26-17-7-2-1-6-16(17)23-19(24)10-14-11-25-18-9-13-5-3-4-12(13)8-15(14)18/h1-2,6-9,11,20H,3-5,10H2,(H,23,24). The quantitative estimate of drug-likeness (QED) is 0.720. The number of ether oxygens (including phenoxy) is 1. The Kier molecular flexibility index (Phi) is 4.32. The van der Waals surface area contributed by atoms with Gasteiger partial charge in [0.05, 0.1) is 18.4 Å². The van der Waals surface area contributed by atoms with Crippen LogP contribution < -0.4 is 10.1 Å². The monoisotopic (exact) mass is 357 g/mol. The second-order valence-corrected chi connectivity index (χ2v) is 6.33. The summed E-state index contributed by atoms with van der Waals surface area (Å²) in [6.45, 7) is -2.95. The zero-order valence-electron chi connectivity index (χ0n) is 13.9. The van der Waals surface area contributed by atoms with Crippen LogP contribution in [0.5, 0.6) is 5.75 Å². The molecule has 0 fully saturated rings. The molecule has 0 spiro atoms. The summed E-state index contributed by atoms with van der Waals surface area (Å²) < 4.78 is 35.0. The molecule has 0 unspecified atom stereocenters. The summed E-state index contributed by atoms with van der Waals surface area (Å²) in [5, 5.41) is 3.56. The molecule has 1 aromatic heterocycles. The zero-order valence-corrected chi connectivity index (χ0v) is 13.9. The molecule has 1 aliphatic rings. The van der Waals surface area contributed by atoms with Gasteiger partial charge in [-0.25, -0.2) is 0 Å². The van der Waals surface area contributed by atoms with Crippen molar-refractivity contribution in [1.82, 2.24) is 0 Å². The third-order valence-electron chi connectivity index (χ3n) is 4.60. The fraction of sp³-hybridized carbons (Fsp3) is 0.250. The zero-order chi connectivity index (χ0) is 18.1. The lowest BCUT2D eigenvalue weighted by atomic mass is 10.0. The van der Waals surface area contributed by atoms with E-state index in [1.807, 2.05) is 6.07 Å². The third kappa shape index (κ3) is 3.27. The number of benzene rings is 2. The predicted molar refractivity (Wildman–Crippen MR) is 93.6 cm³/mol. The van der Waals surface area contributed by atoms with Crippen LogP contribution in [-0.2, 0) is 24.1 Å². The minimum absolute atomic E-state index is 0.0641. The van der Waals surface area contributed by atoms with Crippen LogP contribution in [0.2, 0.25) is 0 Å². The lowest BCUT2D eigenvalue weighted by molar-refractivity contribution is -0.115. The molecular formula is C20H17F2NO3. The highest BCUT2D eigenvalue weighted by Gasteiger charge is 2.17. The van der Waals surface area contributed by atoms with Gasteiger partial charge >= 0.3 is 6.61 Å². The number of nitrogens with one attached hydrogen (secondary N) is 1. The average molecular weight is 357 g/mol. The van der Waals surface area contributed by atoms with Crippen molar-refractivity contribution in [3.8, 4) is 5.75 Å². The van der Waals surface area contributed by atoms with Gasteiger partial charge < -0.3 is 14.5 Å². The number of furan rings is 1. The fourth-order valence-electron chi connectivity index (χ4n) is 3.42. The molecule has 0 bridgehead atoms. The molecule has 6 heteroatoms. The number of anilines is 1. The summed E-state index contributed by atoms with van der Waals surface area (Å²) in [4.78, 5) is 12.4. The molecule has 0 aliphatic heterocycles. The van der Waals surface area contributed by atoms with Crippen molar-refractivity contribution in [2.75, 3.05) is 5.32 Å². The first-order valence-electron chi connectivity index (χ1n) is 8.46. The summed E-state index contributed by atoms with van der Waals surface area (Å²) in [6, 6.07) is 10.3. The number of rotatable bonds is 5. The number of fused-ring (bicyclic) bond motifs is 2. The lowest BCUT2D eigenvalue weighted by Gasteiger charge is -2.11. The van der Waals surface area contributed by atoms with E-state index in [4.69, 9.17) is 4.42 Å². The first-order valence-corrected chi connectivity index (χ1v) is 8.46. The van der Waals surface area contributed by atoms with E-state index in [2.05, 4.69) is 16.1 Å². The second kappa shape index (κ2) is 6.78. The van der Waals surface area contributed by atoms with Crippen LogP contribution in [0, 0.1) is 0 Å². The molecule has 4 nitrogen and oxygen atoms in total. The molecule has 134 valence electrons. The van der Waals surface area contributed by atoms with E-state index >= 15 is 0 Å². The Bertz CT molecular complexity index is 965. The van der Waals surface area contributed by atoms with E-state index in [0.29, 0.717) is 0 Å². The molecule has 0 saturated carbocycles. The summed E-state index contributed by atoms with van der Waals surface area (Å²) >= 11 is 0. The van der Waals surface area contributed by atoms with Crippen molar-refractivity contribution >= 4 is 22.6 Å². The molecule has 0 atom stereocenters. The van der Waals surface area contributed by atoms with Gasteiger partial charge in [-0.05, 0) is 54.7 Å². The second-order valence-electron chi connectivity index (χ2n) is 6.33. The van der Waals surface area contributed by atoms with Crippen LogP contribution in [0.25, 0.3) is 11.0 Å². The smallest absolute Gasteiger partial charge is 0.387 e. The van der Waals surface area contributed by atoms with Crippen LogP contribution >= 0.6 is 0 Å². The molecule has 1 amide bonds. The number of hydrogen-bond donors (Lipinski definition) is 1. The molecular weight excluding hydrogens is 340 g/mol. The van der Waals surface area contributed by atoms with Crippen molar-refractivity contribution in [2.24, 2.45) is 0 Å². The van der Waals surface area contributed by atoms with Gasteiger partial charge in [0.25, 0.3) is 0 Å². The SMILES string of the molecule is O=C(Cc1coc2cc3c(cc12)CCC3)Nc1ccccc1OC(F)F. The molecule has 3 aromatic rings. The minimum Gasteiger partial charge on any atom is -0.464 e. The molecule has 2 aromatic carbocycles. The number of hydrogen-bond acceptors (Lipinski definition) is 3. The fourth-order valence-corrected chi connectivity index (χ4v) is 3.42. The van der Waals surface area contributed by atoms with Crippen LogP contribution in [0.1, 0.15) is 23.1 Å². The van der Waals surface area contributed by atoms with Gasteiger partial charge in [0.15, 0.2) is 0 Å². The van der Waals surface area contributed by atoms with E-state index in [1.54, 1.807) is 18.4 Å². The van der Waals surface area contributed by atoms with E-state index in [1.165, 1.54) is 23.3 Å². The van der Waals surface area contributed by atoms with Crippen LogP contribution in [0.4, 0.5) is 14.5 Å². The summed E-state index contributed by atoms with van der Waals surface area (Å²) in [7, 11) is 0. The molecule has 0 radical (unpaired) electrons. The summed E-state index contributed by atoms with van der Waals surface area (Å²) in [5.74, 6) is -0.385. The maximum Gasteiger partial charge on any atom is 0.387 e. The molecule has 4 rings (SSSR count). The summed E-state index contributed by atoms with van der Waals surface area (Å²) in [6.07, 6.45) is 4.91. The Balaban J connectivity index is 1.53. The largest absolute Gasteiger partial charge is 0.464 e. The Morgan fingerprint density at radius 3 is 2.77 bits per heavy atom. The maximum absolute atomic E-state index is 12.5. The van der Waals surface area contributed by atoms with Gasteiger partial charge in [-0.15, -0.1) is 0 Å². The number of carbonyl (C=O) groups excluding carboxylic acids is 1. The first-order chi connectivity index (χ1) is 12.6. The number of carbonyl (C=O) groups is 1. The van der Waals surface area contributed by atoms with Gasteiger partial charge in [0, 0.05) is 10.9 Å². The Morgan fingerprint density at radius 2 is 1.96 bits per heavy atom. The van der Waals surface area contributed by atoms with Crippen molar-refractivity contribution < 1.29 is 22.7 Å². The van der Waals surface area contributed by atoms with Crippen LogP contribution in [0.15, 0.2) is 47.1 Å². The van der Waals surface area contributed by atoms with Gasteiger partial charge in [0.2, 0.25) is 5.91 Å². The van der Waals surface area contributed by atoms with E-state index in [-0.39, 0.29) is 23.8 Å². The Morgan fingerprint density at radius 1 is 1.19 bits per heavy atom. The van der Waals surface area contributed by atoms with Gasteiger partial charge in [-0.3, -0.25) is 4.79 Å². The number of para-hydroxylation sites is 2. The van der Waals surface area contributed by atoms with Crippen molar-refractivity contribution in [3.05, 3.63) is 59.4 Å². The molecule has 1 N–H and O–H groups in total. The third-order valence-corrected chi connectivity index (χ3v) is 4.60. The highest BCUT2D eigenvalue weighted by atomic mass is 19.3. The predicted octanol–water partition coefficient (Wildman–Crippen LogP) is 4.70. The van der Waals surface area contributed by atoms with Gasteiger partial charge in [-0.2, -0.15) is 8.78 Å². The van der Waals surface area contributed by atoms with Gasteiger partial charge in [0.1, 0.15) is 11.3 Å². The summed E-state index contributed by atoms with van der Waals surface area (Å²) in [5.41, 5.74) is 4.37. The molecule has 1 aliphatic carbocycles. The Hall–Kier alpha value is -2.89. The van der Waals surface area contributed by atoms with Gasteiger partial charge in [-0.1, -0.05) is 12.1 Å². The lowest BCUT2D eigenvalue weighted by Crippen LogP contribution is -2.15. The van der Waals surface area contributed by atoms with Crippen LogP contribution in [-0.4, -0.2) is 12.5 Å². The molecule has 26 heavy (non-hydrogen) atoms. The molecule has 1 heterocycles. The molecule has 0 saturated heterocycles. The number of amides is 1. The highest BCUT2D eigenvalue weighted by molar-refractivity contribution is 5.96. The van der Waals surface area contributed by atoms with E-state index in [9.17, 15) is 13.6 Å². The number of halogens is 2. The first kappa shape index (κ1) is 16.6. The number of alkyl halides is 2. The maximum atomic E-state index is 12.5. The average Bonchev–Trinajstić information content (AvgIpc) is 3.21. The normalized spacial score (nSPS) is 13.2. The van der Waals surface area contributed by atoms with Crippen molar-refractivity contribution in [3.63, 3.8) is 0 Å². The number of aryl methyl sites for hydroxylation is 2. The van der Waals surface area contributed by atoms with E-state index < -0.39 is 6.61 Å². The van der Waals surface area contributed by atoms with Crippen molar-refractivity contribution in [1.29, 1.82) is 0 Å². The topological polar surface area (TPSA) is 51.5 Å². The van der Waals surface area contributed by atoms with E-state index in [0.717, 1.165) is 35.8 Å². The van der Waals surface area contributed by atoms with Crippen molar-refractivity contribution in [2.45, 2.75) is 32.3 Å². The highest BCUT2D eigenvalue weighted by Crippen LogP contribution is 2.31. The Labute approximate surface area is 148 Å².